The molecule has 1 aromatic heterocycles. The molecule has 0 spiro atoms. The summed E-state index contributed by atoms with van der Waals surface area (Å²) in [4.78, 5) is 4.39. The first kappa shape index (κ1) is 19.8. The van der Waals surface area contributed by atoms with Gasteiger partial charge in [0.1, 0.15) is 17.2 Å². The van der Waals surface area contributed by atoms with E-state index in [1.807, 2.05) is 41.8 Å². The zero-order valence-electron chi connectivity index (χ0n) is 16.5. The number of methoxy groups -OCH3 is 2. The Bertz CT molecular complexity index is 1070. The molecule has 2 aromatic carbocycles. The van der Waals surface area contributed by atoms with Crippen LogP contribution in [0.4, 0.5) is 0 Å². The summed E-state index contributed by atoms with van der Waals surface area (Å²) >= 11 is 0. The number of imidazole rings is 1. The molecule has 0 saturated carbocycles. The fourth-order valence-electron chi connectivity index (χ4n) is 3.03. The number of hydrogen-bond donors (Lipinski definition) is 0. The second-order valence-corrected chi connectivity index (χ2v) is 6.23. The SMILES string of the molecule is CCc1c(Oc2cc(C#N)cc(C#N)c2)ncn1Cc1ccc(OC)cc1OC. The molecule has 0 aliphatic rings. The number of nitrogens with zero attached hydrogens (tertiary/aromatic N) is 4. The number of nitriles is 2. The van der Waals surface area contributed by atoms with Crippen LogP contribution in [0.25, 0.3) is 0 Å². The summed E-state index contributed by atoms with van der Waals surface area (Å²) in [5.41, 5.74) is 2.59. The Labute approximate surface area is 169 Å². The van der Waals surface area contributed by atoms with E-state index in [9.17, 15) is 0 Å². The molecule has 7 heteroatoms. The van der Waals surface area contributed by atoms with Gasteiger partial charge in [0.15, 0.2) is 0 Å². The van der Waals surface area contributed by atoms with Gasteiger partial charge in [-0.1, -0.05) is 6.92 Å². The molecular weight excluding hydrogens is 368 g/mol. The number of aromatic nitrogens is 2. The van der Waals surface area contributed by atoms with Gasteiger partial charge < -0.3 is 18.8 Å². The van der Waals surface area contributed by atoms with Gasteiger partial charge >= 0.3 is 0 Å². The smallest absolute Gasteiger partial charge is 0.240 e. The van der Waals surface area contributed by atoms with Crippen LogP contribution in [0.3, 0.4) is 0 Å². The quantitative estimate of drug-likeness (QED) is 0.606. The van der Waals surface area contributed by atoms with E-state index in [1.54, 1.807) is 32.7 Å². The molecule has 0 N–H and O–H groups in total. The molecule has 0 unspecified atom stereocenters. The lowest BCUT2D eigenvalue weighted by molar-refractivity contribution is 0.390. The standard InChI is InChI=1S/C22H20N4O3/c1-4-20-22(29-19-8-15(11-23)7-16(9-19)12-24)25-14-26(20)13-17-5-6-18(27-2)10-21(17)28-3/h5-10,14H,4,13H2,1-3H3. The molecule has 3 rings (SSSR count). The summed E-state index contributed by atoms with van der Waals surface area (Å²) in [6.45, 7) is 2.56. The number of benzene rings is 2. The zero-order valence-corrected chi connectivity index (χ0v) is 16.5. The van der Waals surface area contributed by atoms with Crippen molar-refractivity contribution >= 4 is 0 Å². The van der Waals surface area contributed by atoms with Gasteiger partial charge in [-0.25, -0.2) is 4.98 Å². The third kappa shape index (κ3) is 4.31. The van der Waals surface area contributed by atoms with Crippen molar-refractivity contribution < 1.29 is 14.2 Å². The number of rotatable bonds is 7. The summed E-state index contributed by atoms with van der Waals surface area (Å²) in [6, 6.07) is 14.4. The van der Waals surface area contributed by atoms with Crippen LogP contribution in [-0.4, -0.2) is 23.8 Å². The fraction of sp³-hybridized carbons (Fsp3) is 0.227. The van der Waals surface area contributed by atoms with Crippen LogP contribution >= 0.6 is 0 Å². The highest BCUT2D eigenvalue weighted by atomic mass is 16.5. The topological polar surface area (TPSA) is 93.1 Å². The Morgan fingerprint density at radius 2 is 1.69 bits per heavy atom. The lowest BCUT2D eigenvalue weighted by Gasteiger charge is -2.13. The van der Waals surface area contributed by atoms with Crippen LogP contribution in [0, 0.1) is 22.7 Å². The van der Waals surface area contributed by atoms with Crippen molar-refractivity contribution in [1.29, 1.82) is 10.5 Å². The monoisotopic (exact) mass is 388 g/mol. The van der Waals surface area contributed by atoms with Crippen molar-refractivity contribution in [3.05, 3.63) is 65.1 Å². The molecule has 3 aromatic rings. The Morgan fingerprint density at radius 1 is 0.966 bits per heavy atom. The first-order chi connectivity index (χ1) is 14.1. The molecule has 0 aliphatic carbocycles. The third-order valence-corrected chi connectivity index (χ3v) is 4.46. The largest absolute Gasteiger partial charge is 0.497 e. The van der Waals surface area contributed by atoms with Gasteiger partial charge in [0.25, 0.3) is 0 Å². The van der Waals surface area contributed by atoms with Crippen LogP contribution in [0.15, 0.2) is 42.7 Å². The minimum Gasteiger partial charge on any atom is -0.497 e. The van der Waals surface area contributed by atoms with Crippen molar-refractivity contribution in [3.8, 4) is 35.3 Å². The third-order valence-electron chi connectivity index (χ3n) is 4.46. The Hall–Kier alpha value is -3.97. The molecule has 29 heavy (non-hydrogen) atoms. The van der Waals surface area contributed by atoms with Gasteiger partial charge in [0, 0.05) is 11.6 Å². The van der Waals surface area contributed by atoms with E-state index < -0.39 is 0 Å². The maximum Gasteiger partial charge on any atom is 0.240 e. The van der Waals surface area contributed by atoms with Gasteiger partial charge in [-0.2, -0.15) is 10.5 Å². The maximum atomic E-state index is 9.15. The minimum absolute atomic E-state index is 0.361. The van der Waals surface area contributed by atoms with Crippen LogP contribution in [0.2, 0.25) is 0 Å². The molecule has 0 fully saturated rings. The molecule has 0 amide bonds. The van der Waals surface area contributed by atoms with Gasteiger partial charge in [-0.15, -0.1) is 0 Å². The average Bonchev–Trinajstić information content (AvgIpc) is 3.14. The average molecular weight is 388 g/mol. The normalized spacial score (nSPS) is 10.1. The number of ether oxygens (including phenoxy) is 3. The minimum atomic E-state index is 0.361. The highest BCUT2D eigenvalue weighted by Gasteiger charge is 2.15. The van der Waals surface area contributed by atoms with Crippen LogP contribution < -0.4 is 14.2 Å². The van der Waals surface area contributed by atoms with E-state index in [4.69, 9.17) is 24.7 Å². The van der Waals surface area contributed by atoms with E-state index in [2.05, 4.69) is 4.98 Å². The first-order valence-electron chi connectivity index (χ1n) is 8.99. The summed E-state index contributed by atoms with van der Waals surface area (Å²) in [5, 5.41) is 18.3. The summed E-state index contributed by atoms with van der Waals surface area (Å²) in [7, 11) is 3.23. The van der Waals surface area contributed by atoms with Crippen LogP contribution in [-0.2, 0) is 13.0 Å². The molecule has 146 valence electrons. The Morgan fingerprint density at radius 3 is 2.28 bits per heavy atom. The predicted octanol–water partition coefficient (Wildman–Crippen LogP) is 4.05. The van der Waals surface area contributed by atoms with Gasteiger partial charge in [-0.3, -0.25) is 0 Å². The number of hydrogen-bond acceptors (Lipinski definition) is 6. The highest BCUT2D eigenvalue weighted by Crippen LogP contribution is 2.29. The van der Waals surface area contributed by atoms with E-state index in [0.717, 1.165) is 22.8 Å². The van der Waals surface area contributed by atoms with Gasteiger partial charge in [-0.05, 0) is 36.8 Å². The van der Waals surface area contributed by atoms with E-state index in [-0.39, 0.29) is 0 Å². The lowest BCUT2D eigenvalue weighted by Crippen LogP contribution is -2.05. The predicted molar refractivity (Wildman–Crippen MR) is 106 cm³/mol. The van der Waals surface area contributed by atoms with Crippen molar-refractivity contribution in [2.45, 2.75) is 19.9 Å². The summed E-state index contributed by atoms with van der Waals surface area (Å²) < 4.78 is 18.6. The zero-order chi connectivity index (χ0) is 20.8. The van der Waals surface area contributed by atoms with Crippen LogP contribution in [0.1, 0.15) is 29.3 Å². The Kier molecular flexibility index (Phi) is 6.01. The molecule has 7 nitrogen and oxygen atoms in total. The van der Waals surface area contributed by atoms with Crippen molar-refractivity contribution in [2.24, 2.45) is 0 Å². The molecule has 0 aliphatic heterocycles. The fourth-order valence-corrected chi connectivity index (χ4v) is 3.03. The molecule has 0 bridgehead atoms. The van der Waals surface area contributed by atoms with E-state index in [0.29, 0.717) is 35.7 Å². The lowest BCUT2D eigenvalue weighted by atomic mass is 10.1. The second-order valence-electron chi connectivity index (χ2n) is 6.23. The molecule has 1 heterocycles. The summed E-state index contributed by atoms with van der Waals surface area (Å²) in [5.74, 6) is 2.30. The van der Waals surface area contributed by atoms with Crippen LogP contribution in [0.5, 0.6) is 23.1 Å². The second kappa shape index (κ2) is 8.81. The van der Waals surface area contributed by atoms with Gasteiger partial charge in [0.05, 0.1) is 56.1 Å². The van der Waals surface area contributed by atoms with E-state index >= 15 is 0 Å². The molecular formula is C22H20N4O3. The maximum absolute atomic E-state index is 9.15. The highest BCUT2D eigenvalue weighted by molar-refractivity contribution is 5.47. The molecule has 0 saturated heterocycles. The molecule has 0 atom stereocenters. The van der Waals surface area contributed by atoms with Gasteiger partial charge in [0.2, 0.25) is 5.88 Å². The summed E-state index contributed by atoms with van der Waals surface area (Å²) in [6.07, 6.45) is 2.40. The van der Waals surface area contributed by atoms with E-state index in [1.165, 1.54) is 6.07 Å². The van der Waals surface area contributed by atoms with Crippen molar-refractivity contribution in [1.82, 2.24) is 9.55 Å². The Balaban J connectivity index is 1.90. The van der Waals surface area contributed by atoms with Crippen molar-refractivity contribution in [3.63, 3.8) is 0 Å². The first-order valence-corrected chi connectivity index (χ1v) is 8.99. The van der Waals surface area contributed by atoms with Crippen molar-refractivity contribution in [2.75, 3.05) is 14.2 Å². The molecule has 0 radical (unpaired) electrons.